The van der Waals surface area contributed by atoms with Gasteiger partial charge in [0.05, 0.1) is 39.3 Å². The number of H-pyrrole nitrogens is 1. The van der Waals surface area contributed by atoms with Crippen LogP contribution in [0.5, 0.6) is 0 Å². The van der Waals surface area contributed by atoms with E-state index in [1.807, 2.05) is 29.2 Å². The Morgan fingerprint density at radius 2 is 2.20 bits per heavy atom. The van der Waals surface area contributed by atoms with Crippen molar-refractivity contribution in [1.29, 1.82) is 0 Å². The van der Waals surface area contributed by atoms with Crippen molar-refractivity contribution in [3.8, 4) is 11.3 Å². The molecule has 6 aromatic rings. The van der Waals surface area contributed by atoms with E-state index in [1.165, 1.54) is 4.21 Å². The highest BCUT2D eigenvalue weighted by Gasteiger charge is 2.18. The van der Waals surface area contributed by atoms with Crippen molar-refractivity contribution in [2.24, 2.45) is 0 Å². The van der Waals surface area contributed by atoms with Crippen molar-refractivity contribution in [3.05, 3.63) is 49.1 Å². The topological polar surface area (TPSA) is 81.0 Å². The van der Waals surface area contributed by atoms with Gasteiger partial charge in [0.15, 0.2) is 0 Å². The van der Waals surface area contributed by atoms with Crippen LogP contribution in [0, 0.1) is 0 Å². The zero-order chi connectivity index (χ0) is 20.1. The number of aromatic amines is 1. The third-order valence-corrected chi connectivity index (χ3v) is 7.41. The Kier molecular flexibility index (Phi) is 4.19. The lowest BCUT2D eigenvalue weighted by atomic mass is 10.1. The summed E-state index contributed by atoms with van der Waals surface area (Å²) in [6.45, 7) is 0.704. The van der Waals surface area contributed by atoms with E-state index < -0.39 is 0 Å². The Morgan fingerprint density at radius 1 is 1.23 bits per heavy atom. The molecular weight excluding hydrogens is 416 g/mol. The number of benzene rings is 1. The maximum atomic E-state index is 5.22. The van der Waals surface area contributed by atoms with Crippen LogP contribution in [-0.2, 0) is 4.74 Å². The van der Waals surface area contributed by atoms with Crippen molar-refractivity contribution in [2.75, 3.05) is 19.5 Å². The number of methoxy groups -OCH3 is 1. The van der Waals surface area contributed by atoms with Gasteiger partial charge in [-0.15, -0.1) is 23.1 Å². The van der Waals surface area contributed by atoms with Crippen molar-refractivity contribution in [3.63, 3.8) is 0 Å². The molecule has 5 aromatic heterocycles. The van der Waals surface area contributed by atoms with E-state index in [-0.39, 0.29) is 0 Å². The number of thiophene rings is 1. The molecule has 0 radical (unpaired) electrons. The van der Waals surface area contributed by atoms with E-state index in [2.05, 4.69) is 38.4 Å². The number of ether oxygens (including phenoxy) is 1. The molecule has 7 nitrogen and oxygen atoms in total. The van der Waals surface area contributed by atoms with Gasteiger partial charge < -0.3 is 4.74 Å². The van der Waals surface area contributed by atoms with Crippen LogP contribution < -0.4 is 0 Å². The molecule has 0 atom stereocenters. The molecule has 0 saturated heterocycles. The molecule has 1 aromatic carbocycles. The van der Waals surface area contributed by atoms with Crippen LogP contribution in [0.15, 0.2) is 53.3 Å². The first-order chi connectivity index (χ1) is 14.8. The Balaban J connectivity index is 1.60. The van der Waals surface area contributed by atoms with Crippen LogP contribution >= 0.6 is 23.1 Å². The second-order valence-corrected chi connectivity index (χ2v) is 9.24. The summed E-state index contributed by atoms with van der Waals surface area (Å²) >= 11 is 3.49. The van der Waals surface area contributed by atoms with Gasteiger partial charge in [-0.25, -0.2) is 15.0 Å². The monoisotopic (exact) mass is 432 g/mol. The molecule has 0 amide bonds. The smallest absolute Gasteiger partial charge is 0.127 e. The second-order valence-electron chi connectivity index (χ2n) is 6.88. The molecule has 9 heteroatoms. The minimum Gasteiger partial charge on any atom is -0.384 e. The van der Waals surface area contributed by atoms with Crippen molar-refractivity contribution < 1.29 is 4.74 Å². The van der Waals surface area contributed by atoms with Crippen molar-refractivity contribution in [2.45, 2.75) is 4.21 Å². The minimum atomic E-state index is 0.704. The molecule has 0 unspecified atom stereocenters. The molecule has 148 valence electrons. The van der Waals surface area contributed by atoms with Crippen LogP contribution in [0.4, 0.5) is 0 Å². The fraction of sp³-hybridized carbons (Fsp3) is 0.143. The molecule has 0 saturated carbocycles. The Labute approximate surface area is 179 Å². The number of hydrogen-bond donors (Lipinski definition) is 1. The number of pyridine rings is 1. The van der Waals surface area contributed by atoms with Gasteiger partial charge >= 0.3 is 0 Å². The van der Waals surface area contributed by atoms with Gasteiger partial charge in [0.2, 0.25) is 0 Å². The van der Waals surface area contributed by atoms with Gasteiger partial charge in [-0.05, 0) is 24.3 Å². The normalized spacial score (nSPS) is 12.0. The highest BCUT2D eigenvalue weighted by atomic mass is 32.2. The molecule has 5 heterocycles. The highest BCUT2D eigenvalue weighted by Crippen LogP contribution is 2.42. The average molecular weight is 433 g/mol. The SMILES string of the molecule is COCCSc1sc2nc(-c3ccc4ncncc4c3)cc3c2c1[nH]n1nccc31. The molecule has 1 N–H and O–H groups in total. The third-order valence-electron chi connectivity index (χ3n) is 5.09. The van der Waals surface area contributed by atoms with Crippen LogP contribution in [0.3, 0.4) is 0 Å². The Hall–Kier alpha value is -3.01. The van der Waals surface area contributed by atoms with Crippen LogP contribution in [-0.4, -0.2) is 49.2 Å². The van der Waals surface area contributed by atoms with E-state index in [0.29, 0.717) is 6.61 Å². The third kappa shape index (κ3) is 2.78. The predicted molar refractivity (Wildman–Crippen MR) is 121 cm³/mol. The first-order valence-corrected chi connectivity index (χ1v) is 11.2. The summed E-state index contributed by atoms with van der Waals surface area (Å²) in [7, 11) is 1.73. The maximum Gasteiger partial charge on any atom is 0.127 e. The lowest BCUT2D eigenvalue weighted by Gasteiger charge is -2.07. The minimum absolute atomic E-state index is 0.704. The average Bonchev–Trinajstić information content (AvgIpc) is 3.39. The first kappa shape index (κ1) is 17.8. The van der Waals surface area contributed by atoms with Gasteiger partial charge in [0, 0.05) is 40.8 Å². The van der Waals surface area contributed by atoms with E-state index in [0.717, 1.165) is 54.5 Å². The maximum absolute atomic E-state index is 5.22. The summed E-state index contributed by atoms with van der Waals surface area (Å²) in [6.07, 6.45) is 5.22. The van der Waals surface area contributed by atoms with E-state index in [9.17, 15) is 0 Å². The highest BCUT2D eigenvalue weighted by molar-refractivity contribution is 8.01. The van der Waals surface area contributed by atoms with Crippen molar-refractivity contribution >= 4 is 60.6 Å². The fourth-order valence-corrected chi connectivity index (χ4v) is 6.03. The number of fused-ring (bicyclic) bond motifs is 3. The zero-order valence-corrected chi connectivity index (χ0v) is 17.6. The molecule has 6 rings (SSSR count). The number of thioether (sulfide) groups is 1. The number of nitrogens with zero attached hydrogens (tertiary/aromatic N) is 5. The van der Waals surface area contributed by atoms with E-state index in [4.69, 9.17) is 9.72 Å². The second kappa shape index (κ2) is 7.05. The van der Waals surface area contributed by atoms with E-state index in [1.54, 1.807) is 36.5 Å². The van der Waals surface area contributed by atoms with Gasteiger partial charge in [-0.3, -0.25) is 5.10 Å². The molecule has 30 heavy (non-hydrogen) atoms. The predicted octanol–water partition coefficient (Wildman–Crippen LogP) is 4.77. The summed E-state index contributed by atoms with van der Waals surface area (Å²) in [5.74, 6) is 0.886. The number of rotatable bonds is 5. The van der Waals surface area contributed by atoms with Crippen LogP contribution in [0.25, 0.3) is 48.8 Å². The van der Waals surface area contributed by atoms with Crippen molar-refractivity contribution in [1.82, 2.24) is 29.8 Å². The molecule has 0 aliphatic rings. The number of nitrogens with one attached hydrogen (secondary N) is 1. The zero-order valence-electron chi connectivity index (χ0n) is 16.0. The Bertz CT molecular complexity index is 1530. The summed E-state index contributed by atoms with van der Waals surface area (Å²) in [6, 6.07) is 10.4. The largest absolute Gasteiger partial charge is 0.384 e. The molecule has 0 spiro atoms. The standard InChI is InChI=1S/C21H16N6OS2/c1-28-6-7-29-21-19-18-14(17-4-5-24-27(17)26-19)9-16(25-20(18)30-21)12-2-3-15-13(8-12)10-22-11-23-15/h2-5,8-11,26H,6-7H2,1H3. The lowest BCUT2D eigenvalue weighted by molar-refractivity contribution is 0.218. The summed E-state index contributed by atoms with van der Waals surface area (Å²) < 4.78 is 8.26. The van der Waals surface area contributed by atoms with Gasteiger partial charge in [-0.2, -0.15) is 9.73 Å². The fourth-order valence-electron chi connectivity index (χ4n) is 3.70. The molecule has 0 fully saturated rings. The van der Waals surface area contributed by atoms with E-state index >= 15 is 0 Å². The van der Waals surface area contributed by atoms with Crippen LogP contribution in [0.2, 0.25) is 0 Å². The lowest BCUT2D eigenvalue weighted by Crippen LogP contribution is -1.96. The number of aromatic nitrogens is 6. The van der Waals surface area contributed by atoms with Crippen LogP contribution in [0.1, 0.15) is 0 Å². The molecule has 0 aliphatic heterocycles. The summed E-state index contributed by atoms with van der Waals surface area (Å²) in [5.41, 5.74) is 5.01. The van der Waals surface area contributed by atoms with Gasteiger partial charge in [0.25, 0.3) is 0 Å². The Morgan fingerprint density at radius 3 is 3.13 bits per heavy atom. The van der Waals surface area contributed by atoms with Gasteiger partial charge in [0.1, 0.15) is 11.2 Å². The quantitative estimate of drug-likeness (QED) is 0.312. The first-order valence-electron chi connectivity index (χ1n) is 9.42. The number of hydrogen-bond acceptors (Lipinski definition) is 7. The molecular formula is C21H16N6OS2. The van der Waals surface area contributed by atoms with Gasteiger partial charge in [-0.1, -0.05) is 6.07 Å². The molecule has 0 aliphatic carbocycles. The summed E-state index contributed by atoms with van der Waals surface area (Å²) in [5, 5.41) is 11.2. The summed E-state index contributed by atoms with van der Waals surface area (Å²) in [4.78, 5) is 14.5. The molecule has 0 bridgehead atoms.